The van der Waals surface area contributed by atoms with Crippen LogP contribution in [0, 0.1) is 0 Å². The van der Waals surface area contributed by atoms with Crippen LogP contribution in [0.1, 0.15) is 11.1 Å². The van der Waals surface area contributed by atoms with E-state index in [0.29, 0.717) is 18.9 Å². The van der Waals surface area contributed by atoms with Crippen molar-refractivity contribution in [2.45, 2.75) is 13.1 Å². The third-order valence-corrected chi connectivity index (χ3v) is 4.30. The fraction of sp³-hybridized carbons (Fsp3) is 0.111. The fourth-order valence-corrected chi connectivity index (χ4v) is 2.78. The third-order valence-electron chi connectivity index (χ3n) is 3.77. The molecule has 25 heavy (non-hydrogen) atoms. The van der Waals surface area contributed by atoms with E-state index in [1.807, 2.05) is 53.3 Å². The average molecular weight is 395 g/mol. The Kier molecular flexibility index (Phi) is 4.39. The van der Waals surface area contributed by atoms with Crippen molar-refractivity contribution in [1.82, 2.24) is 30.0 Å². The van der Waals surface area contributed by atoms with E-state index in [2.05, 4.69) is 48.6 Å². The van der Waals surface area contributed by atoms with E-state index in [0.717, 1.165) is 15.6 Å². The zero-order chi connectivity index (χ0) is 17.1. The van der Waals surface area contributed by atoms with Crippen molar-refractivity contribution in [2.24, 2.45) is 0 Å². The summed E-state index contributed by atoms with van der Waals surface area (Å²) in [4.78, 5) is 1.59. The smallest absolute Gasteiger partial charge is 0.208 e. The number of hydrogen-bond acceptors (Lipinski definition) is 4. The predicted octanol–water partition coefficient (Wildman–Crippen LogP) is 3.40. The van der Waals surface area contributed by atoms with Crippen molar-refractivity contribution in [1.29, 1.82) is 0 Å². The monoisotopic (exact) mass is 394 g/mol. The second-order valence-corrected chi connectivity index (χ2v) is 6.60. The van der Waals surface area contributed by atoms with Gasteiger partial charge in [-0.05, 0) is 28.5 Å². The van der Waals surface area contributed by atoms with E-state index in [-0.39, 0.29) is 0 Å². The quantitative estimate of drug-likeness (QED) is 0.520. The maximum absolute atomic E-state index is 4.45. The molecule has 6 nitrogen and oxygen atoms in total. The minimum atomic E-state index is 0.580. The van der Waals surface area contributed by atoms with Crippen LogP contribution in [-0.4, -0.2) is 30.0 Å². The van der Waals surface area contributed by atoms with E-state index in [1.165, 1.54) is 5.56 Å². The summed E-state index contributed by atoms with van der Waals surface area (Å²) in [6.07, 6.45) is 3.71. The number of hydrogen-bond donors (Lipinski definition) is 0. The van der Waals surface area contributed by atoms with Gasteiger partial charge in [0.05, 0.1) is 24.8 Å². The highest BCUT2D eigenvalue weighted by Gasteiger charge is 2.09. The topological polar surface area (TPSA) is 61.4 Å². The third kappa shape index (κ3) is 3.83. The van der Waals surface area contributed by atoms with E-state index in [9.17, 15) is 0 Å². The largest absolute Gasteiger partial charge is 0.268 e. The van der Waals surface area contributed by atoms with E-state index < -0.39 is 0 Å². The van der Waals surface area contributed by atoms with Crippen molar-refractivity contribution in [3.63, 3.8) is 0 Å². The summed E-state index contributed by atoms with van der Waals surface area (Å²) in [7, 11) is 0. The molecule has 4 aromatic rings. The molecule has 0 atom stereocenters. The standard InChI is InChI=1S/C18H15BrN6/c19-17-8-6-15(7-9-17)12-25-22-18(21-23-25)16-10-20-24(13-16)11-14-4-2-1-3-5-14/h1-10,13H,11-12H2. The summed E-state index contributed by atoms with van der Waals surface area (Å²) in [5.74, 6) is 0.580. The van der Waals surface area contributed by atoms with E-state index in [1.54, 1.807) is 11.0 Å². The predicted molar refractivity (Wildman–Crippen MR) is 97.8 cm³/mol. The normalized spacial score (nSPS) is 10.9. The first-order chi connectivity index (χ1) is 12.3. The fourth-order valence-electron chi connectivity index (χ4n) is 2.51. The second kappa shape index (κ2) is 6.98. The summed E-state index contributed by atoms with van der Waals surface area (Å²) in [5, 5.41) is 17.1. The maximum Gasteiger partial charge on any atom is 0.208 e. The summed E-state index contributed by atoms with van der Waals surface area (Å²) in [5.41, 5.74) is 3.17. The lowest BCUT2D eigenvalue weighted by Crippen LogP contribution is -2.03. The summed E-state index contributed by atoms with van der Waals surface area (Å²) in [6, 6.07) is 18.3. The SMILES string of the molecule is Brc1ccc(Cn2nnc(-c3cnn(Cc4ccccc4)c3)n2)cc1. The molecule has 2 heterocycles. The molecular weight excluding hydrogens is 380 g/mol. The van der Waals surface area contributed by atoms with Crippen molar-refractivity contribution in [3.05, 3.63) is 82.6 Å². The maximum atomic E-state index is 4.45. The number of rotatable bonds is 5. The van der Waals surface area contributed by atoms with Gasteiger partial charge in [0, 0.05) is 10.7 Å². The van der Waals surface area contributed by atoms with Crippen molar-refractivity contribution in [2.75, 3.05) is 0 Å². The molecular formula is C18H15BrN6. The Hall–Kier alpha value is -2.80. The number of aromatic nitrogens is 6. The van der Waals surface area contributed by atoms with Crippen molar-refractivity contribution >= 4 is 15.9 Å². The van der Waals surface area contributed by atoms with Crippen molar-refractivity contribution < 1.29 is 0 Å². The molecule has 2 aromatic carbocycles. The van der Waals surface area contributed by atoms with Crippen LogP contribution >= 0.6 is 15.9 Å². The highest BCUT2D eigenvalue weighted by molar-refractivity contribution is 9.10. The Labute approximate surface area is 153 Å². The molecule has 0 N–H and O–H groups in total. The molecule has 0 bridgehead atoms. The molecule has 0 aliphatic carbocycles. The molecule has 0 radical (unpaired) electrons. The van der Waals surface area contributed by atoms with Gasteiger partial charge in [0.15, 0.2) is 0 Å². The highest BCUT2D eigenvalue weighted by atomic mass is 79.9. The van der Waals surface area contributed by atoms with Crippen LogP contribution in [0.2, 0.25) is 0 Å². The Morgan fingerprint density at radius 2 is 1.64 bits per heavy atom. The van der Waals surface area contributed by atoms with Gasteiger partial charge in [-0.1, -0.05) is 58.4 Å². The van der Waals surface area contributed by atoms with Crippen LogP contribution in [0.15, 0.2) is 71.5 Å². The van der Waals surface area contributed by atoms with Gasteiger partial charge >= 0.3 is 0 Å². The lowest BCUT2D eigenvalue weighted by molar-refractivity contribution is 0.573. The zero-order valence-electron chi connectivity index (χ0n) is 13.3. The molecule has 0 saturated heterocycles. The number of nitrogens with zero attached hydrogens (tertiary/aromatic N) is 6. The summed E-state index contributed by atoms with van der Waals surface area (Å²) < 4.78 is 2.93. The van der Waals surface area contributed by atoms with Crippen LogP contribution in [-0.2, 0) is 13.1 Å². The molecule has 0 fully saturated rings. The van der Waals surface area contributed by atoms with Gasteiger partial charge in [-0.15, -0.1) is 10.2 Å². The van der Waals surface area contributed by atoms with Gasteiger partial charge in [0.2, 0.25) is 5.82 Å². The van der Waals surface area contributed by atoms with Crippen LogP contribution in [0.25, 0.3) is 11.4 Å². The number of halogens is 1. The first-order valence-corrected chi connectivity index (χ1v) is 8.64. The molecule has 0 saturated carbocycles. The first kappa shape index (κ1) is 15.7. The highest BCUT2D eigenvalue weighted by Crippen LogP contribution is 2.14. The summed E-state index contributed by atoms with van der Waals surface area (Å²) >= 11 is 3.43. The van der Waals surface area contributed by atoms with E-state index in [4.69, 9.17) is 0 Å². The van der Waals surface area contributed by atoms with Gasteiger partial charge in [0.25, 0.3) is 0 Å². The van der Waals surface area contributed by atoms with Crippen LogP contribution in [0.5, 0.6) is 0 Å². The molecule has 0 amide bonds. The van der Waals surface area contributed by atoms with Crippen molar-refractivity contribution in [3.8, 4) is 11.4 Å². The molecule has 0 aliphatic heterocycles. The molecule has 2 aromatic heterocycles. The molecule has 0 unspecified atom stereocenters. The lowest BCUT2D eigenvalue weighted by Gasteiger charge is -2.00. The lowest BCUT2D eigenvalue weighted by atomic mass is 10.2. The Bertz CT molecular complexity index is 959. The Balaban J connectivity index is 1.47. The van der Waals surface area contributed by atoms with E-state index >= 15 is 0 Å². The molecule has 0 aliphatic rings. The Morgan fingerprint density at radius 3 is 2.44 bits per heavy atom. The van der Waals surface area contributed by atoms with Crippen LogP contribution in [0.3, 0.4) is 0 Å². The number of tetrazole rings is 1. The number of benzene rings is 2. The van der Waals surface area contributed by atoms with Crippen LogP contribution in [0.4, 0.5) is 0 Å². The van der Waals surface area contributed by atoms with Gasteiger partial charge in [-0.3, -0.25) is 4.68 Å². The second-order valence-electron chi connectivity index (χ2n) is 5.68. The molecule has 0 spiro atoms. The van der Waals surface area contributed by atoms with Crippen LogP contribution < -0.4 is 0 Å². The molecule has 124 valence electrons. The zero-order valence-corrected chi connectivity index (χ0v) is 14.9. The van der Waals surface area contributed by atoms with Gasteiger partial charge in [-0.2, -0.15) is 9.90 Å². The van der Waals surface area contributed by atoms with Gasteiger partial charge in [0.1, 0.15) is 0 Å². The minimum Gasteiger partial charge on any atom is -0.268 e. The molecule has 7 heteroatoms. The molecule has 4 rings (SSSR count). The van der Waals surface area contributed by atoms with Gasteiger partial charge in [-0.25, -0.2) is 0 Å². The average Bonchev–Trinajstić information content (AvgIpc) is 3.27. The van der Waals surface area contributed by atoms with Gasteiger partial charge < -0.3 is 0 Å². The summed E-state index contributed by atoms with van der Waals surface area (Å²) in [6.45, 7) is 1.30. The minimum absolute atomic E-state index is 0.580. The Morgan fingerprint density at radius 1 is 0.880 bits per heavy atom. The first-order valence-electron chi connectivity index (χ1n) is 7.85.